The lowest BCUT2D eigenvalue weighted by atomic mass is 10.1. The zero-order valence-corrected chi connectivity index (χ0v) is 9.23. The summed E-state index contributed by atoms with van der Waals surface area (Å²) in [6.07, 6.45) is 1.77. The molecule has 2 aromatic rings. The third kappa shape index (κ3) is 2.06. The normalized spacial score (nSPS) is 10.6. The molecular weight excluding hydrogens is 202 g/mol. The van der Waals surface area contributed by atoms with Gasteiger partial charge in [0.1, 0.15) is 0 Å². The number of benzene rings is 1. The van der Waals surface area contributed by atoms with Crippen molar-refractivity contribution in [1.82, 2.24) is 4.98 Å². The van der Waals surface area contributed by atoms with Crippen molar-refractivity contribution in [1.29, 1.82) is 0 Å². The van der Waals surface area contributed by atoms with Crippen LogP contribution >= 0.6 is 0 Å². The van der Waals surface area contributed by atoms with E-state index >= 15 is 0 Å². The fourth-order valence-electron chi connectivity index (χ4n) is 1.63. The Balaban J connectivity index is 2.35. The number of anilines is 2. The van der Waals surface area contributed by atoms with Crippen molar-refractivity contribution >= 4 is 22.3 Å². The number of nitrogen functional groups attached to an aromatic ring is 1. The number of aromatic nitrogens is 1. The number of hydrogen-bond acceptors (Lipinski definition) is 4. The number of methoxy groups -OCH3 is 1. The van der Waals surface area contributed by atoms with Gasteiger partial charge in [0.2, 0.25) is 0 Å². The lowest BCUT2D eigenvalue weighted by Crippen LogP contribution is -2.08. The minimum atomic E-state index is 0.665. The molecule has 1 aromatic heterocycles. The van der Waals surface area contributed by atoms with E-state index < -0.39 is 0 Å². The quantitative estimate of drug-likeness (QED) is 0.606. The van der Waals surface area contributed by atoms with Gasteiger partial charge in [-0.2, -0.15) is 0 Å². The molecule has 16 heavy (non-hydrogen) atoms. The summed E-state index contributed by atoms with van der Waals surface area (Å²) in [5.41, 5.74) is 8.53. The number of pyridine rings is 1. The van der Waals surface area contributed by atoms with Gasteiger partial charge in [0, 0.05) is 30.9 Å². The Hall–Kier alpha value is -1.81. The maximum absolute atomic E-state index is 5.89. The molecule has 84 valence electrons. The van der Waals surface area contributed by atoms with E-state index in [0.29, 0.717) is 6.61 Å². The van der Waals surface area contributed by atoms with Crippen LogP contribution in [0.1, 0.15) is 0 Å². The fraction of sp³-hybridized carbons (Fsp3) is 0.250. The molecule has 3 N–H and O–H groups in total. The molecule has 0 saturated heterocycles. The molecule has 0 spiro atoms. The molecule has 0 unspecified atom stereocenters. The minimum Gasteiger partial charge on any atom is -0.398 e. The van der Waals surface area contributed by atoms with Crippen LogP contribution in [0.25, 0.3) is 10.9 Å². The van der Waals surface area contributed by atoms with Gasteiger partial charge >= 0.3 is 0 Å². The predicted molar refractivity (Wildman–Crippen MR) is 66.5 cm³/mol. The molecular formula is C12H15N3O. The van der Waals surface area contributed by atoms with Crippen molar-refractivity contribution in [3.8, 4) is 0 Å². The van der Waals surface area contributed by atoms with E-state index in [2.05, 4.69) is 10.3 Å². The van der Waals surface area contributed by atoms with E-state index in [1.165, 1.54) is 0 Å². The Bertz CT molecular complexity index is 485. The van der Waals surface area contributed by atoms with E-state index in [1.54, 1.807) is 13.3 Å². The summed E-state index contributed by atoms with van der Waals surface area (Å²) in [5.74, 6) is 0. The van der Waals surface area contributed by atoms with Crippen molar-refractivity contribution in [2.45, 2.75) is 0 Å². The van der Waals surface area contributed by atoms with Gasteiger partial charge in [-0.3, -0.25) is 4.98 Å². The second-order valence-electron chi connectivity index (χ2n) is 3.52. The number of ether oxygens (including phenoxy) is 1. The maximum Gasteiger partial charge on any atom is 0.0953 e. The summed E-state index contributed by atoms with van der Waals surface area (Å²) in [5, 5.41) is 4.25. The van der Waals surface area contributed by atoms with E-state index in [-0.39, 0.29) is 0 Å². The second kappa shape index (κ2) is 4.81. The third-order valence-corrected chi connectivity index (χ3v) is 2.43. The van der Waals surface area contributed by atoms with E-state index in [9.17, 15) is 0 Å². The van der Waals surface area contributed by atoms with Crippen LogP contribution in [0.15, 0.2) is 30.5 Å². The van der Waals surface area contributed by atoms with Crippen molar-refractivity contribution in [3.63, 3.8) is 0 Å². The first-order valence-corrected chi connectivity index (χ1v) is 5.19. The monoisotopic (exact) mass is 217 g/mol. The summed E-state index contributed by atoms with van der Waals surface area (Å²) in [6, 6.07) is 7.69. The smallest absolute Gasteiger partial charge is 0.0953 e. The molecule has 0 fully saturated rings. The largest absolute Gasteiger partial charge is 0.398 e. The summed E-state index contributed by atoms with van der Waals surface area (Å²) < 4.78 is 4.99. The van der Waals surface area contributed by atoms with Gasteiger partial charge < -0.3 is 15.8 Å². The molecule has 2 rings (SSSR count). The molecule has 0 saturated carbocycles. The SMILES string of the molecule is COCCNc1ccc(N)c2cccnc12. The standard InChI is InChI=1S/C12H15N3O/c1-16-8-7-14-11-5-4-10(13)9-3-2-6-15-12(9)11/h2-6,14H,7-8,13H2,1H3. The van der Waals surface area contributed by atoms with Gasteiger partial charge in [0.15, 0.2) is 0 Å². The molecule has 4 nitrogen and oxygen atoms in total. The zero-order valence-electron chi connectivity index (χ0n) is 9.23. The number of fused-ring (bicyclic) bond motifs is 1. The Morgan fingerprint density at radius 2 is 2.25 bits per heavy atom. The number of hydrogen-bond donors (Lipinski definition) is 2. The molecule has 0 aliphatic heterocycles. The van der Waals surface area contributed by atoms with Crippen LogP contribution in [-0.2, 0) is 4.74 Å². The first-order chi connectivity index (χ1) is 7.83. The van der Waals surface area contributed by atoms with Crippen LogP contribution in [0, 0.1) is 0 Å². The summed E-state index contributed by atoms with van der Waals surface area (Å²) in [6.45, 7) is 1.42. The van der Waals surface area contributed by atoms with Gasteiger partial charge in [-0.1, -0.05) is 0 Å². The highest BCUT2D eigenvalue weighted by Crippen LogP contribution is 2.25. The Morgan fingerprint density at radius 1 is 1.38 bits per heavy atom. The highest BCUT2D eigenvalue weighted by molar-refractivity contribution is 5.98. The molecule has 0 aliphatic rings. The van der Waals surface area contributed by atoms with Crippen LogP contribution in [-0.4, -0.2) is 25.2 Å². The van der Waals surface area contributed by atoms with E-state index in [1.807, 2.05) is 24.3 Å². The number of nitrogens with zero attached hydrogens (tertiary/aromatic N) is 1. The Morgan fingerprint density at radius 3 is 3.06 bits per heavy atom. The molecule has 0 aliphatic carbocycles. The first-order valence-electron chi connectivity index (χ1n) is 5.19. The van der Waals surface area contributed by atoms with Crippen LogP contribution in [0.2, 0.25) is 0 Å². The lowest BCUT2D eigenvalue weighted by molar-refractivity contribution is 0.211. The van der Waals surface area contributed by atoms with Crippen LogP contribution in [0.3, 0.4) is 0 Å². The Labute approximate surface area is 94.4 Å². The van der Waals surface area contributed by atoms with Gasteiger partial charge in [-0.15, -0.1) is 0 Å². The molecule has 1 heterocycles. The molecule has 0 amide bonds. The molecule has 0 atom stereocenters. The van der Waals surface area contributed by atoms with Crippen molar-refractivity contribution < 1.29 is 4.74 Å². The Kier molecular flexibility index (Phi) is 3.22. The minimum absolute atomic E-state index is 0.665. The maximum atomic E-state index is 5.89. The molecule has 1 aromatic carbocycles. The van der Waals surface area contributed by atoms with Crippen molar-refractivity contribution in [2.75, 3.05) is 31.3 Å². The van der Waals surface area contributed by atoms with E-state index in [4.69, 9.17) is 10.5 Å². The van der Waals surface area contributed by atoms with Gasteiger partial charge in [-0.25, -0.2) is 0 Å². The molecule has 4 heteroatoms. The lowest BCUT2D eigenvalue weighted by Gasteiger charge is -2.09. The van der Waals surface area contributed by atoms with Crippen molar-refractivity contribution in [2.24, 2.45) is 0 Å². The van der Waals surface area contributed by atoms with Crippen LogP contribution < -0.4 is 11.1 Å². The fourth-order valence-corrected chi connectivity index (χ4v) is 1.63. The van der Waals surface area contributed by atoms with Crippen molar-refractivity contribution in [3.05, 3.63) is 30.5 Å². The topological polar surface area (TPSA) is 60.2 Å². The highest BCUT2D eigenvalue weighted by Gasteiger charge is 2.03. The average Bonchev–Trinajstić information content (AvgIpc) is 2.33. The number of nitrogens with two attached hydrogens (primary N) is 1. The second-order valence-corrected chi connectivity index (χ2v) is 3.52. The van der Waals surface area contributed by atoms with Gasteiger partial charge in [-0.05, 0) is 24.3 Å². The summed E-state index contributed by atoms with van der Waals surface area (Å²) >= 11 is 0. The summed E-state index contributed by atoms with van der Waals surface area (Å²) in [4.78, 5) is 4.34. The van der Waals surface area contributed by atoms with Crippen LogP contribution in [0.5, 0.6) is 0 Å². The van der Waals surface area contributed by atoms with Gasteiger partial charge in [0.05, 0.1) is 17.8 Å². The zero-order chi connectivity index (χ0) is 11.4. The number of nitrogens with one attached hydrogen (secondary N) is 1. The average molecular weight is 217 g/mol. The first kappa shape index (κ1) is 10.7. The van der Waals surface area contributed by atoms with Crippen LogP contribution in [0.4, 0.5) is 11.4 Å². The van der Waals surface area contributed by atoms with Gasteiger partial charge in [0.25, 0.3) is 0 Å². The highest BCUT2D eigenvalue weighted by atomic mass is 16.5. The predicted octanol–water partition coefficient (Wildman–Crippen LogP) is 1.88. The summed E-state index contributed by atoms with van der Waals surface area (Å²) in [7, 11) is 1.68. The third-order valence-electron chi connectivity index (χ3n) is 2.43. The number of rotatable bonds is 4. The molecule has 0 radical (unpaired) electrons. The molecule has 0 bridgehead atoms. The van der Waals surface area contributed by atoms with E-state index in [0.717, 1.165) is 28.8 Å².